The van der Waals surface area contributed by atoms with Gasteiger partial charge >= 0.3 is 6.07 Å². The first-order valence-electron chi connectivity index (χ1n) is 5.37. The van der Waals surface area contributed by atoms with Crippen LogP contribution in [0.4, 0.5) is 17.6 Å². The van der Waals surface area contributed by atoms with Gasteiger partial charge in [0.1, 0.15) is 11.6 Å². The predicted octanol–water partition coefficient (Wildman–Crippen LogP) is -2.26. The third-order valence-electron chi connectivity index (χ3n) is 2.11. The third-order valence-corrected chi connectivity index (χ3v) is 2.11. The zero-order chi connectivity index (χ0) is 13.5. The SMILES string of the molecule is CCN/C=C(\C#[NH+])Nc1nc(N)c(CN)c(N)n1. The summed E-state index contributed by atoms with van der Waals surface area (Å²) >= 11 is 0. The molecule has 8 heteroatoms. The monoisotopic (exact) mass is 249 g/mol. The molecule has 0 atom stereocenters. The summed E-state index contributed by atoms with van der Waals surface area (Å²) in [5.41, 5.74) is 17.7. The van der Waals surface area contributed by atoms with Crippen LogP contribution in [0.5, 0.6) is 0 Å². The van der Waals surface area contributed by atoms with Gasteiger partial charge in [0.25, 0.3) is 0 Å². The van der Waals surface area contributed by atoms with E-state index in [1.165, 1.54) is 0 Å². The van der Waals surface area contributed by atoms with Gasteiger partial charge in [0, 0.05) is 19.3 Å². The molecule has 1 aromatic rings. The van der Waals surface area contributed by atoms with Gasteiger partial charge < -0.3 is 27.8 Å². The summed E-state index contributed by atoms with van der Waals surface area (Å²) in [6.07, 6.45) is 1.58. The quantitative estimate of drug-likeness (QED) is 0.322. The number of rotatable bonds is 5. The van der Waals surface area contributed by atoms with Crippen LogP contribution in [0.15, 0.2) is 11.9 Å². The van der Waals surface area contributed by atoms with E-state index in [0.29, 0.717) is 11.3 Å². The number of anilines is 3. The van der Waals surface area contributed by atoms with E-state index in [4.69, 9.17) is 22.5 Å². The fourth-order valence-electron chi connectivity index (χ4n) is 1.21. The Balaban J connectivity index is 2.95. The number of nitrogens with one attached hydrogen (secondary N) is 3. The minimum Gasteiger partial charge on any atom is -0.389 e. The van der Waals surface area contributed by atoms with Gasteiger partial charge in [0.2, 0.25) is 5.95 Å². The van der Waals surface area contributed by atoms with E-state index >= 15 is 0 Å². The molecule has 0 unspecified atom stereocenters. The molecule has 0 aliphatic heterocycles. The predicted molar refractivity (Wildman–Crippen MR) is 69.0 cm³/mol. The van der Waals surface area contributed by atoms with Crippen LogP contribution in [0, 0.1) is 6.07 Å². The van der Waals surface area contributed by atoms with Crippen molar-refractivity contribution in [1.82, 2.24) is 15.3 Å². The number of aromatic nitrogens is 2. The van der Waals surface area contributed by atoms with Crippen LogP contribution in [0.1, 0.15) is 12.5 Å². The maximum atomic E-state index is 7.11. The van der Waals surface area contributed by atoms with Crippen molar-refractivity contribution >= 4 is 17.6 Å². The average Bonchev–Trinajstić information content (AvgIpc) is 2.34. The van der Waals surface area contributed by atoms with Crippen molar-refractivity contribution in [3.63, 3.8) is 0 Å². The highest BCUT2D eigenvalue weighted by molar-refractivity contribution is 5.58. The molecule has 0 aliphatic rings. The molecule has 1 rings (SSSR count). The van der Waals surface area contributed by atoms with Gasteiger partial charge in [0.05, 0.1) is 5.56 Å². The average molecular weight is 249 g/mol. The van der Waals surface area contributed by atoms with Crippen molar-refractivity contribution in [3.8, 4) is 6.07 Å². The van der Waals surface area contributed by atoms with Gasteiger partial charge in [0.15, 0.2) is 5.70 Å². The Bertz CT molecular complexity index is 464. The van der Waals surface area contributed by atoms with Crippen LogP contribution < -0.4 is 33.1 Å². The van der Waals surface area contributed by atoms with E-state index in [1.54, 1.807) is 6.20 Å². The van der Waals surface area contributed by atoms with Crippen molar-refractivity contribution < 1.29 is 5.26 Å². The molecule has 1 heterocycles. The summed E-state index contributed by atoms with van der Waals surface area (Å²) in [5, 5.41) is 12.8. The Labute approximate surface area is 105 Å². The lowest BCUT2D eigenvalue weighted by Crippen LogP contribution is -2.22. The molecule has 96 valence electrons. The van der Waals surface area contributed by atoms with Crippen molar-refractivity contribution in [2.24, 2.45) is 5.73 Å². The standard InChI is InChI=1S/C10H16N8/c1-2-15-5-6(3-11)16-10-17-8(13)7(4-12)9(14)18-10/h5,15H,2,4,12H2,1H3,(H5,13,14,16,17,18)/p+1/b6-5+. The normalized spacial score (nSPS) is 10.8. The number of hydrogen-bond acceptors (Lipinski definition) is 7. The lowest BCUT2D eigenvalue weighted by atomic mass is 10.3. The molecular weight excluding hydrogens is 232 g/mol. The summed E-state index contributed by atoms with van der Waals surface area (Å²) < 4.78 is 0. The number of nitrogens with zero attached hydrogens (tertiary/aromatic N) is 2. The Kier molecular flexibility index (Phi) is 4.71. The van der Waals surface area contributed by atoms with E-state index in [2.05, 4.69) is 26.7 Å². The molecule has 0 saturated carbocycles. The first kappa shape index (κ1) is 13.5. The summed E-state index contributed by atoms with van der Waals surface area (Å²) in [7, 11) is 0. The van der Waals surface area contributed by atoms with E-state index in [-0.39, 0.29) is 24.1 Å². The zero-order valence-electron chi connectivity index (χ0n) is 10.1. The van der Waals surface area contributed by atoms with E-state index in [9.17, 15) is 0 Å². The maximum Gasteiger partial charge on any atom is 0.328 e. The van der Waals surface area contributed by atoms with Gasteiger partial charge in [-0.1, -0.05) is 5.26 Å². The molecule has 1 aromatic heterocycles. The molecule has 9 N–H and O–H groups in total. The van der Waals surface area contributed by atoms with Crippen LogP contribution in [-0.2, 0) is 6.54 Å². The van der Waals surface area contributed by atoms with Crippen molar-refractivity contribution in [1.29, 1.82) is 0 Å². The first-order valence-corrected chi connectivity index (χ1v) is 5.37. The smallest absolute Gasteiger partial charge is 0.328 e. The Morgan fingerprint density at radius 2 is 2.00 bits per heavy atom. The molecule has 0 fully saturated rings. The number of allylic oxidation sites excluding steroid dienone is 1. The molecule has 0 saturated heterocycles. The van der Waals surface area contributed by atoms with Crippen LogP contribution in [0.25, 0.3) is 0 Å². The Hall–Kier alpha value is -2.53. The van der Waals surface area contributed by atoms with Crippen molar-refractivity contribution in [2.45, 2.75) is 13.5 Å². The van der Waals surface area contributed by atoms with E-state index in [1.807, 2.05) is 6.92 Å². The summed E-state index contributed by atoms with van der Waals surface area (Å²) in [5.74, 6) is 0.645. The minimum atomic E-state index is 0.175. The molecule has 0 spiro atoms. The highest BCUT2D eigenvalue weighted by Crippen LogP contribution is 2.17. The van der Waals surface area contributed by atoms with E-state index in [0.717, 1.165) is 6.54 Å². The fraction of sp³-hybridized carbons (Fsp3) is 0.300. The van der Waals surface area contributed by atoms with Crippen LogP contribution in [0.2, 0.25) is 0 Å². The van der Waals surface area contributed by atoms with Crippen LogP contribution in [-0.4, -0.2) is 16.5 Å². The highest BCUT2D eigenvalue weighted by atomic mass is 15.1. The molecule has 8 nitrogen and oxygen atoms in total. The molecule has 0 bridgehead atoms. The number of nitrogen functional groups attached to an aromatic ring is 2. The second-order valence-corrected chi connectivity index (χ2v) is 3.37. The molecule has 0 amide bonds. The fourth-order valence-corrected chi connectivity index (χ4v) is 1.21. The Morgan fingerprint density at radius 1 is 1.39 bits per heavy atom. The lowest BCUT2D eigenvalue weighted by molar-refractivity contribution is -0.0911. The van der Waals surface area contributed by atoms with Crippen LogP contribution >= 0.6 is 0 Å². The van der Waals surface area contributed by atoms with Gasteiger partial charge in [-0.25, -0.2) is 0 Å². The largest absolute Gasteiger partial charge is 0.389 e. The number of hydrogen-bond donors (Lipinski definition) is 6. The lowest BCUT2D eigenvalue weighted by Gasteiger charge is -2.08. The van der Waals surface area contributed by atoms with Crippen molar-refractivity contribution in [2.75, 3.05) is 23.3 Å². The summed E-state index contributed by atoms with van der Waals surface area (Å²) in [4.78, 5) is 8.01. The molecule has 0 radical (unpaired) electrons. The first-order chi connectivity index (χ1) is 8.62. The molecule has 18 heavy (non-hydrogen) atoms. The topological polar surface area (TPSA) is 152 Å². The Morgan fingerprint density at radius 3 is 2.44 bits per heavy atom. The van der Waals surface area contributed by atoms with Gasteiger partial charge in [-0.15, -0.1) is 0 Å². The second-order valence-electron chi connectivity index (χ2n) is 3.37. The van der Waals surface area contributed by atoms with Crippen molar-refractivity contribution in [3.05, 3.63) is 17.5 Å². The van der Waals surface area contributed by atoms with Gasteiger partial charge in [-0.2, -0.15) is 9.97 Å². The second kappa shape index (κ2) is 6.27. The summed E-state index contributed by atoms with van der Waals surface area (Å²) in [6, 6.07) is 2.20. The minimum absolute atomic E-state index is 0.175. The van der Waals surface area contributed by atoms with E-state index < -0.39 is 0 Å². The molecular formula is C10H17N8+. The zero-order valence-corrected chi connectivity index (χ0v) is 10.1. The molecule has 0 aliphatic carbocycles. The summed E-state index contributed by atoms with van der Waals surface area (Å²) in [6.45, 7) is 2.83. The molecule has 0 aromatic carbocycles. The maximum absolute atomic E-state index is 7.11. The third kappa shape index (κ3) is 3.23. The van der Waals surface area contributed by atoms with Crippen LogP contribution in [0.3, 0.4) is 0 Å². The van der Waals surface area contributed by atoms with Gasteiger partial charge in [-0.3, -0.25) is 0 Å². The van der Waals surface area contributed by atoms with Gasteiger partial charge in [-0.05, 0) is 6.92 Å². The number of nitrogens with two attached hydrogens (primary N) is 3. The highest BCUT2D eigenvalue weighted by Gasteiger charge is 2.10.